The number of aliphatic carboxylic acids is 1. The van der Waals surface area contributed by atoms with Crippen LogP contribution in [0.2, 0.25) is 0 Å². The average Bonchev–Trinajstić information content (AvgIpc) is 2.66. The van der Waals surface area contributed by atoms with E-state index >= 15 is 0 Å². The highest BCUT2D eigenvalue weighted by Gasteiger charge is 2.31. The third kappa shape index (κ3) is 6.99. The topological polar surface area (TPSA) is 49.8 Å². The van der Waals surface area contributed by atoms with Crippen molar-refractivity contribution in [1.29, 1.82) is 0 Å². The fraction of sp³-hybridized carbons (Fsp3) is 0.458. The molecule has 31 heavy (non-hydrogen) atoms. The van der Waals surface area contributed by atoms with Crippen LogP contribution in [0.15, 0.2) is 36.4 Å². The number of benzene rings is 2. The Morgan fingerprint density at radius 1 is 1.13 bits per heavy atom. The van der Waals surface area contributed by atoms with Gasteiger partial charge in [0.05, 0.1) is 19.1 Å². The molecule has 0 aliphatic carbocycles. The molecule has 0 heterocycles. The zero-order valence-corrected chi connectivity index (χ0v) is 18.4. The Hall–Kier alpha value is -2.54. The van der Waals surface area contributed by atoms with Gasteiger partial charge in [-0.05, 0) is 59.8 Å². The van der Waals surface area contributed by atoms with Crippen LogP contribution in [-0.2, 0) is 23.9 Å². The number of rotatable bonds is 10. The molecule has 0 aliphatic rings. The molecular weight excluding hydrogens is 407 g/mol. The number of alkyl halides is 3. The van der Waals surface area contributed by atoms with Crippen molar-refractivity contribution in [2.75, 3.05) is 20.2 Å². The van der Waals surface area contributed by atoms with E-state index in [-0.39, 0.29) is 6.42 Å². The molecular formula is C24H30F3NO3. The summed E-state index contributed by atoms with van der Waals surface area (Å²) < 4.78 is 45.8. The highest BCUT2D eigenvalue weighted by molar-refractivity contribution is 5.77. The number of carbonyl (C=O) groups is 1. The van der Waals surface area contributed by atoms with E-state index in [2.05, 4.69) is 18.7 Å². The minimum absolute atomic E-state index is 0.178. The van der Waals surface area contributed by atoms with Crippen LogP contribution >= 0.6 is 0 Å². The Labute approximate surface area is 181 Å². The molecule has 0 bridgehead atoms. The van der Waals surface area contributed by atoms with Gasteiger partial charge in [0.25, 0.3) is 0 Å². The number of methoxy groups -OCH3 is 1. The number of hydrogen-bond acceptors (Lipinski definition) is 3. The number of hydrogen-bond donors (Lipinski definition) is 1. The van der Waals surface area contributed by atoms with Crippen LogP contribution in [0.3, 0.4) is 0 Å². The molecule has 0 aromatic heterocycles. The molecule has 0 spiro atoms. The van der Waals surface area contributed by atoms with E-state index in [1.54, 1.807) is 18.2 Å². The van der Waals surface area contributed by atoms with Crippen LogP contribution in [0.5, 0.6) is 5.75 Å². The molecule has 0 radical (unpaired) electrons. The van der Waals surface area contributed by atoms with Crippen molar-refractivity contribution in [3.8, 4) is 16.9 Å². The minimum Gasteiger partial charge on any atom is -0.496 e. The van der Waals surface area contributed by atoms with Gasteiger partial charge in [0.15, 0.2) is 0 Å². The Morgan fingerprint density at radius 3 is 2.39 bits per heavy atom. The molecule has 0 fully saturated rings. The molecule has 2 aromatic rings. The number of carboxylic acid groups (broad SMARTS) is 1. The van der Waals surface area contributed by atoms with Gasteiger partial charge in [-0.1, -0.05) is 32.9 Å². The smallest absolute Gasteiger partial charge is 0.416 e. The van der Waals surface area contributed by atoms with Crippen molar-refractivity contribution >= 4 is 5.97 Å². The maximum atomic E-state index is 13.4. The lowest BCUT2D eigenvalue weighted by atomic mass is 9.94. The maximum Gasteiger partial charge on any atom is 0.416 e. The highest BCUT2D eigenvalue weighted by atomic mass is 19.4. The molecule has 2 aromatic carbocycles. The van der Waals surface area contributed by atoms with Crippen molar-refractivity contribution < 1.29 is 27.8 Å². The summed E-state index contributed by atoms with van der Waals surface area (Å²) in [6, 6.07) is 8.72. The molecule has 0 saturated carbocycles. The van der Waals surface area contributed by atoms with E-state index in [1.165, 1.54) is 19.2 Å². The lowest BCUT2D eigenvalue weighted by Crippen LogP contribution is -2.28. The van der Waals surface area contributed by atoms with Gasteiger partial charge in [-0.2, -0.15) is 13.2 Å². The van der Waals surface area contributed by atoms with E-state index in [4.69, 9.17) is 9.84 Å². The first-order valence-corrected chi connectivity index (χ1v) is 10.4. The lowest BCUT2D eigenvalue weighted by Gasteiger charge is -2.26. The van der Waals surface area contributed by atoms with Crippen molar-refractivity contribution in [2.45, 2.75) is 46.3 Å². The zero-order chi connectivity index (χ0) is 23.2. The third-order valence-electron chi connectivity index (χ3n) is 4.90. The van der Waals surface area contributed by atoms with Crippen LogP contribution in [0.4, 0.5) is 13.2 Å². The SMILES string of the molecule is CCCN(Cc1cc(C(F)(F)F)ccc1-c1cc(CC(=O)O)ccc1OC)CC(C)C. The van der Waals surface area contributed by atoms with Crippen molar-refractivity contribution in [1.82, 2.24) is 4.90 Å². The second-order valence-corrected chi connectivity index (χ2v) is 8.10. The molecule has 2 rings (SSSR count). The van der Waals surface area contributed by atoms with Gasteiger partial charge in [0.1, 0.15) is 5.75 Å². The van der Waals surface area contributed by atoms with Crippen LogP contribution in [0.25, 0.3) is 11.1 Å². The number of halogens is 3. The van der Waals surface area contributed by atoms with Crippen LogP contribution in [0.1, 0.15) is 43.9 Å². The normalized spacial score (nSPS) is 11.9. The standard InChI is InChI=1S/C24H30F3NO3/c1-5-10-28(14-16(2)3)15-18-13-19(24(25,26)27)7-8-20(18)21-11-17(12-23(29)30)6-9-22(21)31-4/h6-9,11,13,16H,5,10,12,14-15H2,1-4H3,(H,29,30). The molecule has 7 heteroatoms. The molecule has 0 unspecified atom stereocenters. The fourth-order valence-electron chi connectivity index (χ4n) is 3.72. The second kappa shape index (κ2) is 10.7. The Balaban J connectivity index is 2.62. The minimum atomic E-state index is -4.45. The predicted octanol–water partition coefficient (Wildman–Crippen LogP) is 5.88. The van der Waals surface area contributed by atoms with Gasteiger partial charge in [-0.15, -0.1) is 0 Å². The Kier molecular flexibility index (Phi) is 8.51. The fourth-order valence-corrected chi connectivity index (χ4v) is 3.72. The molecule has 170 valence electrons. The van der Waals surface area contributed by atoms with Gasteiger partial charge in [0, 0.05) is 18.7 Å². The average molecular weight is 438 g/mol. The van der Waals surface area contributed by atoms with Gasteiger partial charge in [-0.3, -0.25) is 9.69 Å². The Bertz CT molecular complexity index is 894. The third-order valence-corrected chi connectivity index (χ3v) is 4.90. The summed E-state index contributed by atoms with van der Waals surface area (Å²) >= 11 is 0. The first-order valence-electron chi connectivity index (χ1n) is 10.4. The zero-order valence-electron chi connectivity index (χ0n) is 18.4. The first-order chi connectivity index (χ1) is 14.5. The van der Waals surface area contributed by atoms with Crippen LogP contribution in [-0.4, -0.2) is 36.2 Å². The van der Waals surface area contributed by atoms with Gasteiger partial charge in [-0.25, -0.2) is 0 Å². The van der Waals surface area contributed by atoms with E-state index in [1.807, 2.05) is 6.92 Å². The van der Waals surface area contributed by atoms with Crippen LogP contribution in [0, 0.1) is 5.92 Å². The van der Waals surface area contributed by atoms with Gasteiger partial charge < -0.3 is 9.84 Å². The summed E-state index contributed by atoms with van der Waals surface area (Å²) in [5.41, 5.74) is 1.59. The quantitative estimate of drug-likeness (QED) is 0.505. The van der Waals surface area contributed by atoms with Crippen molar-refractivity contribution in [2.24, 2.45) is 5.92 Å². The molecule has 0 aliphatic heterocycles. The van der Waals surface area contributed by atoms with Gasteiger partial charge >= 0.3 is 12.1 Å². The summed E-state index contributed by atoms with van der Waals surface area (Å²) in [5, 5.41) is 9.13. The van der Waals surface area contributed by atoms with E-state index < -0.39 is 17.7 Å². The highest BCUT2D eigenvalue weighted by Crippen LogP contribution is 2.38. The molecule has 0 atom stereocenters. The number of nitrogens with zero attached hydrogens (tertiary/aromatic N) is 1. The van der Waals surface area contributed by atoms with Crippen molar-refractivity contribution in [3.05, 3.63) is 53.1 Å². The van der Waals surface area contributed by atoms with Crippen molar-refractivity contribution in [3.63, 3.8) is 0 Å². The molecule has 4 nitrogen and oxygen atoms in total. The molecule has 1 N–H and O–H groups in total. The summed E-state index contributed by atoms with van der Waals surface area (Å²) in [4.78, 5) is 13.3. The van der Waals surface area contributed by atoms with Crippen LogP contribution < -0.4 is 4.74 Å². The largest absolute Gasteiger partial charge is 0.496 e. The number of carboxylic acids is 1. The number of ether oxygens (including phenoxy) is 1. The summed E-state index contributed by atoms with van der Waals surface area (Å²) in [6.07, 6.45) is -3.74. The summed E-state index contributed by atoms with van der Waals surface area (Å²) in [6.45, 7) is 8.09. The Morgan fingerprint density at radius 2 is 1.84 bits per heavy atom. The van der Waals surface area contributed by atoms with E-state index in [9.17, 15) is 18.0 Å². The second-order valence-electron chi connectivity index (χ2n) is 8.10. The molecule has 0 amide bonds. The van der Waals surface area contributed by atoms with E-state index in [0.29, 0.717) is 40.5 Å². The monoisotopic (exact) mass is 437 g/mol. The summed E-state index contributed by atoms with van der Waals surface area (Å²) in [5.74, 6) is -0.120. The first kappa shape index (κ1) is 24.7. The maximum absolute atomic E-state index is 13.4. The summed E-state index contributed by atoms with van der Waals surface area (Å²) in [7, 11) is 1.49. The lowest BCUT2D eigenvalue weighted by molar-refractivity contribution is -0.138. The van der Waals surface area contributed by atoms with Gasteiger partial charge in [0.2, 0.25) is 0 Å². The predicted molar refractivity (Wildman–Crippen MR) is 115 cm³/mol. The van der Waals surface area contributed by atoms with E-state index in [0.717, 1.165) is 25.6 Å². The molecule has 0 saturated heterocycles.